The minimum Gasteiger partial charge on any atom is -0.451 e. The fraction of sp³-hybridized carbons (Fsp3) is 0.136. The van der Waals surface area contributed by atoms with Crippen molar-refractivity contribution in [1.82, 2.24) is 9.78 Å². The molecule has 2 aromatic heterocycles. The number of furan rings is 1. The summed E-state index contributed by atoms with van der Waals surface area (Å²) in [6.07, 6.45) is 2.15. The Morgan fingerprint density at radius 2 is 1.90 bits per heavy atom. The van der Waals surface area contributed by atoms with Gasteiger partial charge in [0.25, 0.3) is 5.91 Å². The molecule has 0 aliphatic carbocycles. The van der Waals surface area contributed by atoms with E-state index in [1.165, 1.54) is 6.07 Å². The number of fused-ring (bicyclic) bond motifs is 1. The molecule has 4 rings (SSSR count). The highest BCUT2D eigenvalue weighted by atomic mass is 16.3. The fourth-order valence-electron chi connectivity index (χ4n) is 3.20. The van der Waals surface area contributed by atoms with Crippen molar-refractivity contribution in [3.8, 4) is 11.3 Å². The lowest BCUT2D eigenvalue weighted by molar-refractivity contribution is -0.116. The predicted octanol–water partition coefficient (Wildman–Crippen LogP) is 3.73. The molecule has 3 N–H and O–H groups in total. The minimum absolute atomic E-state index is 0.0944. The Morgan fingerprint density at radius 3 is 2.62 bits per heavy atom. The second kappa shape index (κ2) is 7.63. The van der Waals surface area contributed by atoms with Crippen LogP contribution in [0.3, 0.4) is 0 Å². The molecule has 0 saturated carbocycles. The first-order valence-corrected chi connectivity index (χ1v) is 9.22. The predicted molar refractivity (Wildman–Crippen MR) is 110 cm³/mol. The van der Waals surface area contributed by atoms with E-state index in [0.29, 0.717) is 24.4 Å². The van der Waals surface area contributed by atoms with Gasteiger partial charge in [0.1, 0.15) is 5.76 Å². The molecule has 0 saturated heterocycles. The Balaban J connectivity index is 1.38. The van der Waals surface area contributed by atoms with Crippen molar-refractivity contribution in [3.63, 3.8) is 0 Å². The number of aromatic nitrogens is 2. The van der Waals surface area contributed by atoms with Crippen LogP contribution in [0.4, 0.5) is 5.69 Å². The van der Waals surface area contributed by atoms with Crippen LogP contribution in [0.1, 0.15) is 22.5 Å². The normalized spacial score (nSPS) is 10.9. The standard InChI is InChI=1S/C22H20N4O3/c1-14-3-2-4-18-17(14)13-24-26(18)12-11-21(27)25-16-7-5-15(6-8-16)19-9-10-20(29-19)22(23)28/h2-10,13H,11-12H2,1H3,(H2,23,28)(H,25,27). The molecule has 2 aromatic carbocycles. The van der Waals surface area contributed by atoms with Gasteiger partial charge in [0.15, 0.2) is 5.76 Å². The summed E-state index contributed by atoms with van der Waals surface area (Å²) in [7, 11) is 0. The molecular weight excluding hydrogens is 368 g/mol. The Hall–Kier alpha value is -3.87. The van der Waals surface area contributed by atoms with Gasteiger partial charge in [0, 0.05) is 23.1 Å². The third-order valence-corrected chi connectivity index (χ3v) is 4.76. The lowest BCUT2D eigenvalue weighted by atomic mass is 10.1. The van der Waals surface area contributed by atoms with E-state index >= 15 is 0 Å². The molecule has 0 fully saturated rings. The van der Waals surface area contributed by atoms with Gasteiger partial charge in [-0.1, -0.05) is 12.1 Å². The number of carbonyl (C=O) groups is 2. The van der Waals surface area contributed by atoms with E-state index < -0.39 is 5.91 Å². The third-order valence-electron chi connectivity index (χ3n) is 4.76. The molecule has 0 spiro atoms. The van der Waals surface area contributed by atoms with Crippen molar-refractivity contribution in [1.29, 1.82) is 0 Å². The highest BCUT2D eigenvalue weighted by Gasteiger charge is 2.10. The second-order valence-electron chi connectivity index (χ2n) is 6.78. The molecule has 7 heteroatoms. The molecular formula is C22H20N4O3. The van der Waals surface area contributed by atoms with Gasteiger partial charge >= 0.3 is 0 Å². The Kier molecular flexibility index (Phi) is 4.87. The van der Waals surface area contributed by atoms with Gasteiger partial charge in [-0.15, -0.1) is 0 Å². The molecule has 7 nitrogen and oxygen atoms in total. The summed E-state index contributed by atoms with van der Waals surface area (Å²) < 4.78 is 7.25. The number of amides is 2. The number of benzene rings is 2. The largest absolute Gasteiger partial charge is 0.451 e. The number of nitrogens with one attached hydrogen (secondary N) is 1. The monoisotopic (exact) mass is 388 g/mol. The SMILES string of the molecule is Cc1cccc2c1cnn2CCC(=O)Nc1ccc(-c2ccc(C(N)=O)o2)cc1. The molecule has 2 amide bonds. The van der Waals surface area contributed by atoms with Crippen LogP contribution in [0, 0.1) is 6.92 Å². The molecule has 0 unspecified atom stereocenters. The number of rotatable bonds is 6. The highest BCUT2D eigenvalue weighted by Crippen LogP contribution is 2.24. The summed E-state index contributed by atoms with van der Waals surface area (Å²) in [4.78, 5) is 23.5. The highest BCUT2D eigenvalue weighted by molar-refractivity contribution is 5.92. The quantitative estimate of drug-likeness (QED) is 0.525. The number of nitrogens with two attached hydrogens (primary N) is 1. The molecule has 0 atom stereocenters. The van der Waals surface area contributed by atoms with Gasteiger partial charge in [-0.25, -0.2) is 0 Å². The van der Waals surface area contributed by atoms with Crippen LogP contribution in [0.25, 0.3) is 22.2 Å². The zero-order valence-corrected chi connectivity index (χ0v) is 15.9. The maximum atomic E-state index is 12.3. The van der Waals surface area contributed by atoms with E-state index in [-0.39, 0.29) is 11.7 Å². The first-order valence-electron chi connectivity index (χ1n) is 9.22. The van der Waals surface area contributed by atoms with Crippen LogP contribution < -0.4 is 11.1 Å². The van der Waals surface area contributed by atoms with E-state index in [4.69, 9.17) is 10.2 Å². The van der Waals surface area contributed by atoms with Crippen LogP contribution in [0.15, 0.2) is 65.2 Å². The Bertz CT molecular complexity index is 1190. The number of nitrogens with zero attached hydrogens (tertiary/aromatic N) is 2. The first kappa shape index (κ1) is 18.5. The van der Waals surface area contributed by atoms with Gasteiger partial charge < -0.3 is 15.5 Å². The van der Waals surface area contributed by atoms with Crippen molar-refractivity contribution in [2.45, 2.75) is 19.9 Å². The topological polar surface area (TPSA) is 103 Å². The van der Waals surface area contributed by atoms with Gasteiger partial charge in [0.05, 0.1) is 18.3 Å². The van der Waals surface area contributed by atoms with Crippen molar-refractivity contribution in [2.24, 2.45) is 5.73 Å². The minimum atomic E-state index is -0.611. The lowest BCUT2D eigenvalue weighted by Gasteiger charge is -2.07. The summed E-state index contributed by atoms with van der Waals surface area (Å²) in [5, 5.41) is 8.37. The van der Waals surface area contributed by atoms with E-state index in [0.717, 1.165) is 22.0 Å². The average molecular weight is 388 g/mol. The van der Waals surface area contributed by atoms with E-state index in [1.54, 1.807) is 18.2 Å². The van der Waals surface area contributed by atoms with Crippen molar-refractivity contribution < 1.29 is 14.0 Å². The number of aryl methyl sites for hydroxylation is 2. The molecule has 29 heavy (non-hydrogen) atoms. The molecule has 146 valence electrons. The number of hydrogen-bond acceptors (Lipinski definition) is 4. The molecule has 2 heterocycles. The Labute approximate surface area is 167 Å². The van der Waals surface area contributed by atoms with E-state index in [2.05, 4.69) is 10.4 Å². The summed E-state index contributed by atoms with van der Waals surface area (Å²) in [5.74, 6) is -0.0560. The average Bonchev–Trinajstić information content (AvgIpc) is 3.35. The van der Waals surface area contributed by atoms with Crippen molar-refractivity contribution in [3.05, 3.63) is 72.1 Å². The number of carbonyl (C=O) groups excluding carboxylic acids is 2. The van der Waals surface area contributed by atoms with Gasteiger partial charge in [-0.05, 0) is 55.0 Å². The summed E-state index contributed by atoms with van der Waals surface area (Å²) in [6.45, 7) is 2.54. The van der Waals surface area contributed by atoms with Crippen LogP contribution in [-0.2, 0) is 11.3 Å². The molecule has 0 radical (unpaired) electrons. The van der Waals surface area contributed by atoms with Crippen LogP contribution in [-0.4, -0.2) is 21.6 Å². The van der Waals surface area contributed by atoms with Crippen molar-refractivity contribution in [2.75, 3.05) is 5.32 Å². The number of hydrogen-bond donors (Lipinski definition) is 2. The lowest BCUT2D eigenvalue weighted by Crippen LogP contribution is -2.14. The Morgan fingerprint density at radius 1 is 1.10 bits per heavy atom. The third kappa shape index (κ3) is 3.89. The second-order valence-corrected chi connectivity index (χ2v) is 6.78. The summed E-state index contributed by atoms with van der Waals surface area (Å²) >= 11 is 0. The van der Waals surface area contributed by atoms with E-state index in [1.807, 2.05) is 48.1 Å². The molecule has 0 aliphatic rings. The fourth-order valence-corrected chi connectivity index (χ4v) is 3.20. The number of anilines is 1. The first-order chi connectivity index (χ1) is 14.0. The van der Waals surface area contributed by atoms with E-state index in [9.17, 15) is 9.59 Å². The summed E-state index contributed by atoms with van der Waals surface area (Å²) in [5.41, 5.74) is 8.86. The molecule has 0 bridgehead atoms. The van der Waals surface area contributed by atoms with Gasteiger partial charge in [-0.2, -0.15) is 5.10 Å². The molecule has 0 aliphatic heterocycles. The summed E-state index contributed by atoms with van der Waals surface area (Å²) in [6, 6.07) is 16.4. The van der Waals surface area contributed by atoms with Gasteiger partial charge in [-0.3, -0.25) is 14.3 Å². The maximum Gasteiger partial charge on any atom is 0.284 e. The zero-order chi connectivity index (χ0) is 20.4. The van der Waals surface area contributed by atoms with Crippen LogP contribution in [0.2, 0.25) is 0 Å². The van der Waals surface area contributed by atoms with Crippen LogP contribution >= 0.6 is 0 Å². The smallest absolute Gasteiger partial charge is 0.284 e. The number of primary amides is 1. The maximum absolute atomic E-state index is 12.3. The molecule has 4 aromatic rings. The van der Waals surface area contributed by atoms with Crippen molar-refractivity contribution >= 4 is 28.4 Å². The van der Waals surface area contributed by atoms with Crippen LogP contribution in [0.5, 0.6) is 0 Å². The zero-order valence-electron chi connectivity index (χ0n) is 15.9. The van der Waals surface area contributed by atoms with Gasteiger partial charge in [0.2, 0.25) is 5.91 Å².